The predicted octanol–water partition coefficient (Wildman–Crippen LogP) is 1.71. The van der Waals surface area contributed by atoms with E-state index in [1.807, 2.05) is 25.9 Å². The number of aromatic hydroxyl groups is 1. The van der Waals surface area contributed by atoms with Crippen molar-refractivity contribution in [1.82, 2.24) is 9.80 Å². The molecule has 0 spiro atoms. The lowest BCUT2D eigenvalue weighted by Gasteiger charge is -2.24. The van der Waals surface area contributed by atoms with Crippen LogP contribution in [0.25, 0.3) is 0 Å². The van der Waals surface area contributed by atoms with Crippen LogP contribution in [0.3, 0.4) is 0 Å². The van der Waals surface area contributed by atoms with Gasteiger partial charge in [0.25, 0.3) is 5.91 Å². The number of hydrogen-bond acceptors (Lipinski definition) is 5. The number of phenolic OH excluding ortho intramolecular Hbond substituents is 1. The Hall–Kier alpha value is -2.15. The van der Waals surface area contributed by atoms with Crippen LogP contribution in [-0.2, 0) is 0 Å². The molecule has 1 amide bonds. The van der Waals surface area contributed by atoms with Gasteiger partial charge in [-0.1, -0.05) is 6.92 Å². The van der Waals surface area contributed by atoms with Crippen LogP contribution in [0.5, 0.6) is 5.75 Å². The van der Waals surface area contributed by atoms with Crippen LogP contribution in [0, 0.1) is 10.1 Å². The van der Waals surface area contributed by atoms with E-state index in [9.17, 15) is 20.0 Å². The number of nitro groups is 1. The Bertz CT molecular complexity index is 517. The van der Waals surface area contributed by atoms with Crippen molar-refractivity contribution in [1.29, 1.82) is 0 Å². The van der Waals surface area contributed by atoms with Crippen molar-refractivity contribution in [2.75, 3.05) is 33.7 Å². The normalized spacial score (nSPS) is 10.7. The molecular weight excluding hydrogens is 274 g/mol. The zero-order valence-electron chi connectivity index (χ0n) is 12.6. The predicted molar refractivity (Wildman–Crippen MR) is 79.5 cm³/mol. The highest BCUT2D eigenvalue weighted by Crippen LogP contribution is 2.26. The van der Waals surface area contributed by atoms with Crippen LogP contribution in [-0.4, -0.2) is 59.5 Å². The molecule has 0 saturated carbocycles. The average Bonchev–Trinajstić information content (AvgIpc) is 2.41. The van der Waals surface area contributed by atoms with Gasteiger partial charge >= 0.3 is 5.69 Å². The summed E-state index contributed by atoms with van der Waals surface area (Å²) in [5.74, 6) is -0.723. The second-order valence-electron chi connectivity index (χ2n) is 5.06. The minimum atomic E-state index is -0.681. The Balaban J connectivity index is 2.92. The summed E-state index contributed by atoms with van der Waals surface area (Å²) >= 11 is 0. The van der Waals surface area contributed by atoms with Crippen LogP contribution < -0.4 is 0 Å². The third-order valence-corrected chi connectivity index (χ3v) is 3.02. The van der Waals surface area contributed by atoms with Crippen molar-refractivity contribution >= 4 is 11.6 Å². The van der Waals surface area contributed by atoms with Gasteiger partial charge in [0.2, 0.25) is 0 Å². The minimum Gasteiger partial charge on any atom is -0.502 e. The standard InChI is InChI=1S/C14H21N3O4/c1-4-7-16(9-8-15(2)3)14(19)11-5-6-12(17(20)21)13(18)10-11/h5-6,10,18H,4,7-9H2,1-3H3. The molecule has 0 unspecified atom stereocenters. The minimum absolute atomic E-state index is 0.233. The Kier molecular flexibility index (Phi) is 6.10. The Labute approximate surface area is 123 Å². The molecule has 0 aliphatic carbocycles. The highest BCUT2D eigenvalue weighted by molar-refractivity contribution is 5.95. The molecule has 0 atom stereocenters. The molecule has 0 heterocycles. The summed E-state index contributed by atoms with van der Waals surface area (Å²) in [5, 5.41) is 20.3. The first-order valence-electron chi connectivity index (χ1n) is 6.78. The monoisotopic (exact) mass is 295 g/mol. The van der Waals surface area contributed by atoms with Crippen LogP contribution in [0.2, 0.25) is 0 Å². The lowest BCUT2D eigenvalue weighted by atomic mass is 10.1. The second kappa shape index (κ2) is 7.58. The maximum atomic E-state index is 12.4. The first-order valence-corrected chi connectivity index (χ1v) is 6.78. The number of benzene rings is 1. The largest absolute Gasteiger partial charge is 0.502 e. The van der Waals surface area contributed by atoms with E-state index in [-0.39, 0.29) is 11.5 Å². The quantitative estimate of drug-likeness (QED) is 0.611. The van der Waals surface area contributed by atoms with E-state index in [0.29, 0.717) is 13.1 Å². The molecule has 0 saturated heterocycles. The SMILES string of the molecule is CCCN(CCN(C)C)C(=O)c1ccc([N+](=O)[O-])c(O)c1. The summed E-state index contributed by atoms with van der Waals surface area (Å²) in [6.45, 7) is 3.87. The van der Waals surface area contributed by atoms with Crippen molar-refractivity contribution in [3.63, 3.8) is 0 Å². The van der Waals surface area contributed by atoms with Crippen LogP contribution in [0.4, 0.5) is 5.69 Å². The van der Waals surface area contributed by atoms with Gasteiger partial charge < -0.3 is 14.9 Å². The number of nitro benzene ring substituents is 1. The molecule has 1 rings (SSSR count). The van der Waals surface area contributed by atoms with Crippen molar-refractivity contribution in [2.24, 2.45) is 0 Å². The number of carbonyl (C=O) groups excluding carboxylic acids is 1. The maximum Gasteiger partial charge on any atom is 0.310 e. The van der Waals surface area contributed by atoms with Gasteiger partial charge in [-0.05, 0) is 32.6 Å². The summed E-state index contributed by atoms with van der Waals surface area (Å²) in [7, 11) is 3.85. The first-order chi connectivity index (χ1) is 9.86. The summed E-state index contributed by atoms with van der Waals surface area (Å²) in [5.41, 5.74) is -0.146. The van der Waals surface area contributed by atoms with E-state index in [2.05, 4.69) is 0 Å². The lowest BCUT2D eigenvalue weighted by Crippen LogP contribution is -2.37. The van der Waals surface area contributed by atoms with Gasteiger partial charge in [-0.3, -0.25) is 14.9 Å². The van der Waals surface area contributed by atoms with Crippen LogP contribution in [0.1, 0.15) is 23.7 Å². The molecule has 0 radical (unpaired) electrons. The van der Waals surface area contributed by atoms with E-state index in [1.54, 1.807) is 4.90 Å². The van der Waals surface area contributed by atoms with Crippen molar-refractivity contribution in [3.05, 3.63) is 33.9 Å². The topological polar surface area (TPSA) is 86.9 Å². The molecule has 0 aliphatic rings. The van der Waals surface area contributed by atoms with Gasteiger partial charge in [0, 0.05) is 31.3 Å². The molecule has 1 N–H and O–H groups in total. The molecule has 7 nitrogen and oxygen atoms in total. The van der Waals surface area contributed by atoms with Gasteiger partial charge in [0.1, 0.15) is 0 Å². The molecule has 0 aromatic heterocycles. The zero-order valence-corrected chi connectivity index (χ0v) is 12.6. The first kappa shape index (κ1) is 16.9. The fraction of sp³-hybridized carbons (Fsp3) is 0.500. The number of likely N-dealkylation sites (N-methyl/N-ethyl adjacent to an activating group) is 1. The van der Waals surface area contributed by atoms with Crippen molar-refractivity contribution < 1.29 is 14.8 Å². The van der Waals surface area contributed by atoms with Crippen molar-refractivity contribution in [3.8, 4) is 5.75 Å². The third kappa shape index (κ3) is 4.71. The Morgan fingerprint density at radius 2 is 1.95 bits per heavy atom. The molecule has 7 heteroatoms. The summed E-state index contributed by atoms with van der Waals surface area (Å²) in [4.78, 5) is 26.0. The summed E-state index contributed by atoms with van der Waals surface area (Å²) < 4.78 is 0. The maximum absolute atomic E-state index is 12.4. The van der Waals surface area contributed by atoms with Gasteiger partial charge in [-0.2, -0.15) is 0 Å². The summed E-state index contributed by atoms with van der Waals surface area (Å²) in [6.07, 6.45) is 0.818. The molecule has 0 fully saturated rings. The average molecular weight is 295 g/mol. The van der Waals surface area contributed by atoms with E-state index in [4.69, 9.17) is 0 Å². The molecular formula is C14H21N3O4. The van der Waals surface area contributed by atoms with Gasteiger partial charge in [0.15, 0.2) is 5.75 Å². The zero-order chi connectivity index (χ0) is 16.0. The fourth-order valence-corrected chi connectivity index (χ4v) is 1.90. The number of phenols is 1. The lowest BCUT2D eigenvalue weighted by molar-refractivity contribution is -0.385. The Morgan fingerprint density at radius 1 is 1.29 bits per heavy atom. The molecule has 0 bridgehead atoms. The van der Waals surface area contributed by atoms with E-state index >= 15 is 0 Å². The van der Waals surface area contributed by atoms with E-state index < -0.39 is 16.4 Å². The molecule has 1 aromatic carbocycles. The van der Waals surface area contributed by atoms with E-state index in [0.717, 1.165) is 25.1 Å². The molecule has 21 heavy (non-hydrogen) atoms. The van der Waals surface area contributed by atoms with Crippen LogP contribution >= 0.6 is 0 Å². The van der Waals surface area contributed by atoms with Gasteiger partial charge in [-0.15, -0.1) is 0 Å². The van der Waals surface area contributed by atoms with Crippen molar-refractivity contribution in [2.45, 2.75) is 13.3 Å². The van der Waals surface area contributed by atoms with Crippen LogP contribution in [0.15, 0.2) is 18.2 Å². The number of nitrogens with zero attached hydrogens (tertiary/aromatic N) is 3. The molecule has 1 aromatic rings. The molecule has 116 valence electrons. The number of hydrogen-bond donors (Lipinski definition) is 1. The Morgan fingerprint density at radius 3 is 2.43 bits per heavy atom. The van der Waals surface area contributed by atoms with Gasteiger partial charge in [0.05, 0.1) is 4.92 Å². The number of amides is 1. The highest BCUT2D eigenvalue weighted by atomic mass is 16.6. The number of carbonyl (C=O) groups is 1. The summed E-state index contributed by atoms with van der Waals surface area (Å²) in [6, 6.07) is 3.68. The fourth-order valence-electron chi connectivity index (χ4n) is 1.90. The van der Waals surface area contributed by atoms with E-state index in [1.165, 1.54) is 6.07 Å². The smallest absolute Gasteiger partial charge is 0.310 e. The second-order valence-corrected chi connectivity index (χ2v) is 5.06. The third-order valence-electron chi connectivity index (χ3n) is 3.02. The van der Waals surface area contributed by atoms with Gasteiger partial charge in [-0.25, -0.2) is 0 Å². The highest BCUT2D eigenvalue weighted by Gasteiger charge is 2.19. The number of rotatable bonds is 7. The molecule has 0 aliphatic heterocycles.